The van der Waals surface area contributed by atoms with Crippen molar-refractivity contribution in [3.8, 4) is 0 Å². The summed E-state index contributed by atoms with van der Waals surface area (Å²) in [6.07, 6.45) is 5.48. The molecule has 8 heteroatoms. The number of carbonyl (C=O) groups excluding carboxylic acids is 1. The van der Waals surface area contributed by atoms with Gasteiger partial charge in [-0.15, -0.1) is 0 Å². The summed E-state index contributed by atoms with van der Waals surface area (Å²) in [5.41, 5.74) is 6.28. The fraction of sp³-hybridized carbons (Fsp3) is 0.667. The zero-order chi connectivity index (χ0) is 16.2. The molecule has 1 aromatic heterocycles. The van der Waals surface area contributed by atoms with Crippen molar-refractivity contribution in [3.63, 3.8) is 0 Å². The molecule has 8 nitrogen and oxygen atoms in total. The van der Waals surface area contributed by atoms with Crippen molar-refractivity contribution in [2.45, 2.75) is 50.9 Å². The first-order chi connectivity index (χ1) is 11.1. The third-order valence-corrected chi connectivity index (χ3v) is 4.51. The third-order valence-electron chi connectivity index (χ3n) is 4.51. The maximum absolute atomic E-state index is 12.3. The van der Waals surface area contributed by atoms with Crippen LogP contribution >= 0.6 is 0 Å². The number of nitrogens with one attached hydrogen (secondary N) is 4. The summed E-state index contributed by atoms with van der Waals surface area (Å²) < 4.78 is 0. The van der Waals surface area contributed by atoms with E-state index in [1.54, 1.807) is 12.4 Å². The minimum absolute atomic E-state index is 0.0761. The second-order valence-electron chi connectivity index (χ2n) is 6.34. The second kappa shape index (κ2) is 7.10. The number of hydrogen-bond donors (Lipinski definition) is 4. The van der Waals surface area contributed by atoms with Crippen molar-refractivity contribution in [2.24, 2.45) is 0 Å². The van der Waals surface area contributed by atoms with E-state index >= 15 is 0 Å². The zero-order valence-electron chi connectivity index (χ0n) is 13.6. The molecule has 126 valence electrons. The van der Waals surface area contributed by atoms with Crippen molar-refractivity contribution in [1.82, 2.24) is 31.5 Å². The summed E-state index contributed by atoms with van der Waals surface area (Å²) in [4.78, 5) is 23.0. The number of carbonyl (C=O) groups is 1. The standard InChI is InChI=1S/C15H25N7O/c1-10-13(11(2)21-20-10)19-15(23)18-12-5-3-8-22(9-12)14-16-6-4-7-17-14/h4,6-7,10-13,20-21H,3,5,8-9H2,1-2H3,(H2,18,19,23). The molecule has 3 rings (SSSR count). The molecule has 2 aliphatic rings. The first-order valence-electron chi connectivity index (χ1n) is 8.23. The van der Waals surface area contributed by atoms with Crippen molar-refractivity contribution in [1.29, 1.82) is 0 Å². The maximum atomic E-state index is 12.3. The predicted octanol–water partition coefficient (Wildman–Crippen LogP) is -0.00200. The third kappa shape index (κ3) is 3.89. The first-order valence-corrected chi connectivity index (χ1v) is 8.23. The lowest BCUT2D eigenvalue weighted by molar-refractivity contribution is 0.229. The quantitative estimate of drug-likeness (QED) is 0.626. The van der Waals surface area contributed by atoms with E-state index in [-0.39, 0.29) is 30.2 Å². The molecule has 1 aromatic rings. The molecule has 0 aromatic carbocycles. The molecular weight excluding hydrogens is 294 g/mol. The normalized spacial score (nSPS) is 31.0. The van der Waals surface area contributed by atoms with Gasteiger partial charge in [-0.25, -0.2) is 14.8 Å². The number of urea groups is 1. The van der Waals surface area contributed by atoms with Crippen LogP contribution in [0.1, 0.15) is 26.7 Å². The number of hydrazine groups is 1. The molecule has 2 fully saturated rings. The number of rotatable bonds is 3. The Morgan fingerprint density at radius 3 is 2.61 bits per heavy atom. The van der Waals surface area contributed by atoms with Crippen molar-refractivity contribution in [3.05, 3.63) is 18.5 Å². The minimum Gasteiger partial charge on any atom is -0.339 e. The molecule has 23 heavy (non-hydrogen) atoms. The van der Waals surface area contributed by atoms with E-state index in [4.69, 9.17) is 0 Å². The summed E-state index contributed by atoms with van der Waals surface area (Å²) in [6, 6.07) is 2.29. The minimum atomic E-state index is -0.111. The van der Waals surface area contributed by atoms with E-state index < -0.39 is 0 Å². The van der Waals surface area contributed by atoms with Crippen LogP contribution in [0.15, 0.2) is 18.5 Å². The Balaban J connectivity index is 1.52. The largest absolute Gasteiger partial charge is 0.339 e. The summed E-state index contributed by atoms with van der Waals surface area (Å²) >= 11 is 0. The van der Waals surface area contributed by atoms with Gasteiger partial charge in [-0.3, -0.25) is 10.9 Å². The van der Waals surface area contributed by atoms with E-state index in [0.29, 0.717) is 0 Å². The van der Waals surface area contributed by atoms with Gasteiger partial charge in [0, 0.05) is 43.6 Å². The van der Waals surface area contributed by atoms with Crippen LogP contribution in [0.25, 0.3) is 0 Å². The van der Waals surface area contributed by atoms with Gasteiger partial charge < -0.3 is 15.5 Å². The molecule has 2 amide bonds. The molecule has 0 aliphatic carbocycles. The van der Waals surface area contributed by atoms with Crippen LogP contribution in [0, 0.1) is 0 Å². The monoisotopic (exact) mass is 319 g/mol. The van der Waals surface area contributed by atoms with Gasteiger partial charge in [0.25, 0.3) is 0 Å². The van der Waals surface area contributed by atoms with E-state index in [1.165, 1.54) is 0 Å². The highest BCUT2D eigenvalue weighted by atomic mass is 16.2. The van der Waals surface area contributed by atoms with E-state index in [2.05, 4.69) is 50.2 Å². The average molecular weight is 319 g/mol. The molecule has 4 N–H and O–H groups in total. The molecule has 0 bridgehead atoms. The number of hydrogen-bond acceptors (Lipinski definition) is 6. The summed E-state index contributed by atoms with van der Waals surface area (Å²) in [5.74, 6) is 0.728. The van der Waals surface area contributed by atoms with Crippen LogP contribution < -0.4 is 26.4 Å². The molecule has 3 heterocycles. The Bertz CT molecular complexity index is 516. The van der Waals surface area contributed by atoms with Crippen molar-refractivity contribution < 1.29 is 4.79 Å². The maximum Gasteiger partial charge on any atom is 0.315 e. The Hall–Kier alpha value is -1.93. The predicted molar refractivity (Wildman–Crippen MR) is 87.9 cm³/mol. The summed E-state index contributed by atoms with van der Waals surface area (Å²) in [6.45, 7) is 5.77. The smallest absolute Gasteiger partial charge is 0.315 e. The Morgan fingerprint density at radius 1 is 1.22 bits per heavy atom. The van der Waals surface area contributed by atoms with Crippen molar-refractivity contribution in [2.75, 3.05) is 18.0 Å². The van der Waals surface area contributed by atoms with Crippen LogP contribution in [0.3, 0.4) is 0 Å². The van der Waals surface area contributed by atoms with Crippen LogP contribution in [0.2, 0.25) is 0 Å². The number of nitrogens with zero attached hydrogens (tertiary/aromatic N) is 3. The van der Waals surface area contributed by atoms with E-state index in [1.807, 2.05) is 6.07 Å². The van der Waals surface area contributed by atoms with Crippen LogP contribution in [0.5, 0.6) is 0 Å². The van der Waals surface area contributed by atoms with Gasteiger partial charge in [0.1, 0.15) is 0 Å². The van der Waals surface area contributed by atoms with Gasteiger partial charge in [0.05, 0.1) is 6.04 Å². The molecule has 0 saturated carbocycles. The lowest BCUT2D eigenvalue weighted by Gasteiger charge is -2.33. The fourth-order valence-corrected chi connectivity index (χ4v) is 3.24. The lowest BCUT2D eigenvalue weighted by atomic mass is 10.1. The topological polar surface area (TPSA) is 94.2 Å². The number of piperidine rings is 1. The second-order valence-corrected chi connectivity index (χ2v) is 6.34. The van der Waals surface area contributed by atoms with E-state index in [9.17, 15) is 4.79 Å². The lowest BCUT2D eigenvalue weighted by Crippen LogP contribution is -2.55. The van der Waals surface area contributed by atoms with Crippen LogP contribution in [-0.2, 0) is 0 Å². The van der Waals surface area contributed by atoms with Gasteiger partial charge in [0.2, 0.25) is 5.95 Å². The number of amides is 2. The van der Waals surface area contributed by atoms with Gasteiger partial charge in [-0.05, 0) is 32.8 Å². The highest BCUT2D eigenvalue weighted by molar-refractivity contribution is 5.75. The number of anilines is 1. The van der Waals surface area contributed by atoms with Crippen LogP contribution in [-0.4, -0.2) is 53.3 Å². The first kappa shape index (κ1) is 15.9. The molecule has 3 atom stereocenters. The molecule has 2 aliphatic heterocycles. The van der Waals surface area contributed by atoms with E-state index in [0.717, 1.165) is 31.9 Å². The average Bonchev–Trinajstić information content (AvgIpc) is 2.88. The zero-order valence-corrected chi connectivity index (χ0v) is 13.6. The van der Waals surface area contributed by atoms with Gasteiger partial charge in [-0.1, -0.05) is 0 Å². The molecular formula is C15H25N7O. The highest BCUT2D eigenvalue weighted by Gasteiger charge is 2.31. The van der Waals surface area contributed by atoms with Gasteiger partial charge >= 0.3 is 6.03 Å². The Labute approximate surface area is 136 Å². The Kier molecular flexibility index (Phi) is 4.92. The molecule has 0 radical (unpaired) electrons. The SMILES string of the molecule is CC1NNC(C)C1NC(=O)NC1CCCN(c2ncccn2)C1. The molecule has 0 spiro atoms. The summed E-state index contributed by atoms with van der Waals surface area (Å²) in [7, 11) is 0. The summed E-state index contributed by atoms with van der Waals surface area (Å²) in [5, 5.41) is 6.14. The fourth-order valence-electron chi connectivity index (χ4n) is 3.24. The Morgan fingerprint density at radius 2 is 1.91 bits per heavy atom. The van der Waals surface area contributed by atoms with Gasteiger partial charge in [0.15, 0.2) is 0 Å². The number of aromatic nitrogens is 2. The van der Waals surface area contributed by atoms with Crippen LogP contribution in [0.4, 0.5) is 10.7 Å². The van der Waals surface area contributed by atoms with Crippen molar-refractivity contribution >= 4 is 12.0 Å². The molecule has 3 unspecified atom stereocenters. The highest BCUT2D eigenvalue weighted by Crippen LogP contribution is 2.15. The molecule has 2 saturated heterocycles. The van der Waals surface area contributed by atoms with Gasteiger partial charge in [-0.2, -0.15) is 0 Å².